The molecule has 31 heavy (non-hydrogen) atoms. The van der Waals surface area contributed by atoms with Gasteiger partial charge in [0.05, 0.1) is 24.4 Å². The summed E-state index contributed by atoms with van der Waals surface area (Å²) in [5.41, 5.74) is 2.85. The van der Waals surface area contributed by atoms with E-state index in [1.807, 2.05) is 54.6 Å². The Hall–Kier alpha value is -3.86. The maximum absolute atomic E-state index is 13.1. The quantitative estimate of drug-likeness (QED) is 0.552. The summed E-state index contributed by atoms with van der Waals surface area (Å²) in [6.45, 7) is 2.21. The molecule has 1 aliphatic rings. The van der Waals surface area contributed by atoms with Crippen molar-refractivity contribution in [2.24, 2.45) is 0 Å². The minimum atomic E-state index is -0.698. The van der Waals surface area contributed by atoms with E-state index in [9.17, 15) is 14.7 Å². The molecular weight excluding hydrogens is 390 g/mol. The highest BCUT2D eigenvalue weighted by Gasteiger charge is 2.43. The molecule has 156 valence electrons. The number of aliphatic hydroxyl groups is 1. The Bertz CT molecular complexity index is 1130. The molecule has 2 aromatic carbocycles. The van der Waals surface area contributed by atoms with Crippen molar-refractivity contribution in [1.82, 2.24) is 4.90 Å². The maximum atomic E-state index is 13.1. The topological polar surface area (TPSA) is 70.8 Å². The fraction of sp³-hybridized carbons (Fsp3) is 0.154. The minimum absolute atomic E-state index is 0.0768. The summed E-state index contributed by atoms with van der Waals surface area (Å²) in [7, 11) is 0. The predicted octanol–water partition coefficient (Wildman–Crippen LogP) is 5.02. The van der Waals surface area contributed by atoms with Gasteiger partial charge >= 0.3 is 0 Å². The Balaban J connectivity index is 1.71. The molecule has 1 aromatic heterocycles. The lowest BCUT2D eigenvalue weighted by molar-refractivity contribution is -0.130. The van der Waals surface area contributed by atoms with Crippen LogP contribution in [-0.2, 0) is 22.6 Å². The van der Waals surface area contributed by atoms with Gasteiger partial charge in [-0.2, -0.15) is 0 Å². The highest BCUT2D eigenvalue weighted by Crippen LogP contribution is 2.39. The number of allylic oxidation sites excluding steroid dienone is 1. The highest BCUT2D eigenvalue weighted by molar-refractivity contribution is 6.14. The summed E-state index contributed by atoms with van der Waals surface area (Å²) in [6, 6.07) is 20.0. The van der Waals surface area contributed by atoms with Gasteiger partial charge in [-0.3, -0.25) is 9.59 Å². The first kappa shape index (κ1) is 20.4. The van der Waals surface area contributed by atoms with Crippen LogP contribution >= 0.6 is 0 Å². The third-order valence-electron chi connectivity index (χ3n) is 5.41. The molecule has 5 heteroatoms. The number of rotatable bonds is 7. The van der Waals surface area contributed by atoms with Crippen LogP contribution in [0, 0.1) is 0 Å². The number of hydrogen-bond acceptors (Lipinski definition) is 4. The van der Waals surface area contributed by atoms with Gasteiger partial charge in [0, 0.05) is 0 Å². The monoisotopic (exact) mass is 413 g/mol. The molecule has 1 atom stereocenters. The van der Waals surface area contributed by atoms with E-state index in [0.717, 1.165) is 23.1 Å². The molecule has 1 aliphatic heterocycles. The Morgan fingerprint density at radius 3 is 2.45 bits per heavy atom. The van der Waals surface area contributed by atoms with E-state index >= 15 is 0 Å². The van der Waals surface area contributed by atoms with Crippen molar-refractivity contribution in [3.05, 3.63) is 113 Å². The zero-order valence-corrected chi connectivity index (χ0v) is 17.2. The number of hydrogen-bond donors (Lipinski definition) is 1. The third kappa shape index (κ3) is 4.21. The van der Waals surface area contributed by atoms with E-state index in [2.05, 4.69) is 6.92 Å². The van der Waals surface area contributed by atoms with Gasteiger partial charge in [0.2, 0.25) is 0 Å². The Morgan fingerprint density at radius 2 is 1.81 bits per heavy atom. The number of carbonyl (C=O) groups excluding carboxylic acids is 2. The molecular formula is C26H23NO4. The molecule has 2 heterocycles. The lowest BCUT2D eigenvalue weighted by Gasteiger charge is -2.26. The van der Waals surface area contributed by atoms with Crippen LogP contribution in [0.25, 0.3) is 6.08 Å². The first-order valence-electron chi connectivity index (χ1n) is 10.2. The zero-order valence-electron chi connectivity index (χ0n) is 17.2. The molecule has 4 rings (SSSR count). The standard InChI is InChI=1S/C26H23NO4/c1-2-18-10-13-20(14-11-18)24-23(22(28)15-12-19-7-4-3-5-8-19)25(29)26(30)27(24)17-21-9-6-16-31-21/h3-16,24,29H,2,17H2,1H3. The van der Waals surface area contributed by atoms with E-state index in [0.29, 0.717) is 5.76 Å². The number of ketones is 1. The van der Waals surface area contributed by atoms with E-state index in [4.69, 9.17) is 4.42 Å². The fourth-order valence-electron chi connectivity index (χ4n) is 3.75. The zero-order chi connectivity index (χ0) is 21.8. The van der Waals surface area contributed by atoms with Gasteiger partial charge in [0.15, 0.2) is 11.5 Å². The van der Waals surface area contributed by atoms with E-state index in [-0.39, 0.29) is 12.1 Å². The van der Waals surface area contributed by atoms with Crippen LogP contribution in [0.15, 0.2) is 94.8 Å². The van der Waals surface area contributed by atoms with Crippen LogP contribution in [0.4, 0.5) is 0 Å². The van der Waals surface area contributed by atoms with Gasteiger partial charge in [0.25, 0.3) is 5.91 Å². The van der Waals surface area contributed by atoms with Crippen molar-refractivity contribution < 1.29 is 19.1 Å². The first-order valence-corrected chi connectivity index (χ1v) is 10.2. The highest BCUT2D eigenvalue weighted by atomic mass is 16.3. The number of carbonyl (C=O) groups is 2. The van der Waals surface area contributed by atoms with Gasteiger partial charge in [-0.25, -0.2) is 0 Å². The summed E-state index contributed by atoms with van der Waals surface area (Å²) in [4.78, 5) is 27.5. The molecule has 0 bridgehead atoms. The molecule has 0 saturated heterocycles. The molecule has 3 aromatic rings. The van der Waals surface area contributed by atoms with Gasteiger partial charge in [-0.05, 0) is 41.3 Å². The molecule has 0 fully saturated rings. The second-order valence-corrected chi connectivity index (χ2v) is 7.38. The van der Waals surface area contributed by atoms with Crippen molar-refractivity contribution >= 4 is 17.8 Å². The number of benzene rings is 2. The van der Waals surface area contributed by atoms with E-state index in [1.54, 1.807) is 18.2 Å². The second-order valence-electron chi connectivity index (χ2n) is 7.38. The summed E-state index contributed by atoms with van der Waals surface area (Å²) in [5, 5.41) is 10.7. The summed E-state index contributed by atoms with van der Waals surface area (Å²) >= 11 is 0. The normalized spacial score (nSPS) is 16.5. The minimum Gasteiger partial charge on any atom is -0.503 e. The lowest BCUT2D eigenvalue weighted by atomic mass is 9.94. The maximum Gasteiger partial charge on any atom is 0.290 e. The lowest BCUT2D eigenvalue weighted by Crippen LogP contribution is -2.30. The van der Waals surface area contributed by atoms with Crippen molar-refractivity contribution in [2.75, 3.05) is 0 Å². The van der Waals surface area contributed by atoms with Gasteiger partial charge in [-0.1, -0.05) is 67.6 Å². The molecule has 0 spiro atoms. The molecule has 0 aliphatic carbocycles. The number of nitrogens with zero attached hydrogens (tertiary/aromatic N) is 1. The molecule has 0 radical (unpaired) electrons. The summed E-state index contributed by atoms with van der Waals surface area (Å²) in [5.74, 6) is -0.928. The summed E-state index contributed by atoms with van der Waals surface area (Å²) < 4.78 is 5.41. The van der Waals surface area contributed by atoms with Crippen molar-refractivity contribution in [3.8, 4) is 0 Å². The molecule has 1 unspecified atom stereocenters. The van der Waals surface area contributed by atoms with Crippen LogP contribution in [0.5, 0.6) is 0 Å². The van der Waals surface area contributed by atoms with Crippen molar-refractivity contribution in [2.45, 2.75) is 25.9 Å². The van der Waals surface area contributed by atoms with Gasteiger partial charge in [0.1, 0.15) is 5.76 Å². The number of aryl methyl sites for hydroxylation is 1. The average molecular weight is 413 g/mol. The average Bonchev–Trinajstić information content (AvgIpc) is 3.41. The number of amides is 1. The van der Waals surface area contributed by atoms with Crippen molar-refractivity contribution in [3.63, 3.8) is 0 Å². The number of furan rings is 1. The molecule has 1 N–H and O–H groups in total. The molecule has 0 saturated carbocycles. The van der Waals surface area contributed by atoms with Crippen LogP contribution in [-0.4, -0.2) is 21.7 Å². The largest absolute Gasteiger partial charge is 0.503 e. The molecule has 5 nitrogen and oxygen atoms in total. The molecule has 1 amide bonds. The fourth-order valence-corrected chi connectivity index (χ4v) is 3.75. The van der Waals surface area contributed by atoms with E-state index in [1.165, 1.54) is 17.2 Å². The van der Waals surface area contributed by atoms with Crippen LogP contribution in [0.3, 0.4) is 0 Å². The van der Waals surface area contributed by atoms with E-state index < -0.39 is 23.5 Å². The van der Waals surface area contributed by atoms with Gasteiger partial charge < -0.3 is 14.4 Å². The Kier molecular flexibility index (Phi) is 5.85. The third-order valence-corrected chi connectivity index (χ3v) is 5.41. The Labute approximate surface area is 180 Å². The predicted molar refractivity (Wildman–Crippen MR) is 118 cm³/mol. The SMILES string of the molecule is CCc1ccc(C2C(C(=O)C=Cc3ccccc3)=C(O)C(=O)N2Cc2ccco2)cc1. The smallest absolute Gasteiger partial charge is 0.290 e. The Morgan fingerprint density at radius 1 is 1.06 bits per heavy atom. The van der Waals surface area contributed by atoms with Crippen LogP contribution in [0.2, 0.25) is 0 Å². The van der Waals surface area contributed by atoms with Crippen LogP contribution in [0.1, 0.15) is 35.4 Å². The first-order chi connectivity index (χ1) is 15.1. The summed E-state index contributed by atoms with van der Waals surface area (Å²) in [6.07, 6.45) is 5.49. The second kappa shape index (κ2) is 8.88. The van der Waals surface area contributed by atoms with Crippen molar-refractivity contribution in [1.29, 1.82) is 0 Å². The number of aliphatic hydroxyl groups excluding tert-OH is 1. The van der Waals surface area contributed by atoms with Crippen LogP contribution < -0.4 is 0 Å². The van der Waals surface area contributed by atoms with Gasteiger partial charge in [-0.15, -0.1) is 0 Å².